The van der Waals surface area contributed by atoms with Crippen molar-refractivity contribution >= 4 is 28.1 Å². The molecule has 2 saturated heterocycles. The Labute approximate surface area is 118 Å². The van der Waals surface area contributed by atoms with E-state index in [1.54, 1.807) is 11.3 Å². The molecule has 0 aliphatic carbocycles. The van der Waals surface area contributed by atoms with Crippen LogP contribution in [-0.4, -0.2) is 42.1 Å². The van der Waals surface area contributed by atoms with Crippen molar-refractivity contribution in [3.8, 4) is 0 Å². The summed E-state index contributed by atoms with van der Waals surface area (Å²) in [6.07, 6.45) is 5.46. The first-order valence-corrected chi connectivity index (χ1v) is 8.27. The van der Waals surface area contributed by atoms with Crippen molar-refractivity contribution in [1.82, 2.24) is 9.88 Å². The number of piperidine rings is 1. The first-order valence-electron chi connectivity index (χ1n) is 6.86. The van der Waals surface area contributed by atoms with Crippen LogP contribution in [0.2, 0.25) is 0 Å². The Hall–Kier alpha value is -0.320. The first kappa shape index (κ1) is 12.7. The minimum atomic E-state index is 0.528. The largest absolute Gasteiger partial charge is 0.346 e. The van der Waals surface area contributed by atoms with Gasteiger partial charge in [-0.25, -0.2) is 4.98 Å². The van der Waals surface area contributed by atoms with E-state index in [4.69, 9.17) is 11.6 Å². The number of thiazole rings is 1. The van der Waals surface area contributed by atoms with Gasteiger partial charge in [0.1, 0.15) is 0 Å². The first-order chi connectivity index (χ1) is 8.86. The van der Waals surface area contributed by atoms with E-state index in [0.29, 0.717) is 5.88 Å². The molecule has 5 heteroatoms. The number of aromatic nitrogens is 1. The summed E-state index contributed by atoms with van der Waals surface area (Å²) in [5, 5.41) is 3.24. The molecule has 0 bridgehead atoms. The van der Waals surface area contributed by atoms with Gasteiger partial charge in [-0.2, -0.15) is 0 Å². The van der Waals surface area contributed by atoms with Gasteiger partial charge in [0.05, 0.1) is 11.6 Å². The normalized spacial score (nSPS) is 25.8. The summed E-state index contributed by atoms with van der Waals surface area (Å²) in [5.74, 6) is 0.528. The molecule has 0 spiro atoms. The van der Waals surface area contributed by atoms with E-state index in [-0.39, 0.29) is 0 Å². The maximum absolute atomic E-state index is 5.81. The minimum absolute atomic E-state index is 0.528. The molecule has 0 N–H and O–H groups in total. The highest BCUT2D eigenvalue weighted by Gasteiger charge is 2.29. The number of likely N-dealkylation sites (tertiary alicyclic amines) is 1. The molecule has 1 aromatic rings. The maximum atomic E-state index is 5.81. The second-order valence-corrected chi connectivity index (χ2v) is 6.34. The third-order valence-electron chi connectivity index (χ3n) is 4.02. The maximum Gasteiger partial charge on any atom is 0.185 e. The number of hydrogen-bond acceptors (Lipinski definition) is 4. The smallest absolute Gasteiger partial charge is 0.185 e. The molecular weight excluding hydrogens is 266 g/mol. The van der Waals surface area contributed by atoms with Crippen LogP contribution in [-0.2, 0) is 5.88 Å². The third-order valence-corrected chi connectivity index (χ3v) is 5.24. The predicted octanol–water partition coefficient (Wildman–Crippen LogP) is 2.95. The summed E-state index contributed by atoms with van der Waals surface area (Å²) >= 11 is 7.55. The van der Waals surface area contributed by atoms with Gasteiger partial charge in [-0.3, -0.25) is 4.90 Å². The number of anilines is 1. The zero-order valence-electron chi connectivity index (χ0n) is 10.6. The zero-order valence-corrected chi connectivity index (χ0v) is 12.2. The summed E-state index contributed by atoms with van der Waals surface area (Å²) < 4.78 is 0. The molecule has 3 rings (SSSR count). The lowest BCUT2D eigenvalue weighted by atomic mass is 10.1. The minimum Gasteiger partial charge on any atom is -0.346 e. The van der Waals surface area contributed by atoms with E-state index >= 15 is 0 Å². The zero-order chi connectivity index (χ0) is 12.4. The van der Waals surface area contributed by atoms with Crippen LogP contribution >= 0.6 is 22.9 Å². The van der Waals surface area contributed by atoms with Crippen LogP contribution in [0.15, 0.2) is 5.38 Å². The van der Waals surface area contributed by atoms with Crippen molar-refractivity contribution in [2.75, 3.05) is 31.1 Å². The molecule has 0 saturated carbocycles. The molecule has 2 fully saturated rings. The monoisotopic (exact) mass is 285 g/mol. The Bertz CT molecular complexity index is 389. The molecule has 18 heavy (non-hydrogen) atoms. The van der Waals surface area contributed by atoms with Crippen molar-refractivity contribution in [1.29, 1.82) is 0 Å². The van der Waals surface area contributed by atoms with E-state index in [1.807, 2.05) is 0 Å². The van der Waals surface area contributed by atoms with E-state index in [0.717, 1.165) is 30.0 Å². The summed E-state index contributed by atoms with van der Waals surface area (Å²) in [4.78, 5) is 9.69. The molecule has 3 nitrogen and oxygen atoms in total. The SMILES string of the molecule is ClCc1csc(N2CCC(N3CCCCC3)C2)n1. The molecule has 1 unspecified atom stereocenters. The second-order valence-electron chi connectivity index (χ2n) is 5.24. The Balaban J connectivity index is 1.60. The lowest BCUT2D eigenvalue weighted by Crippen LogP contribution is -2.40. The van der Waals surface area contributed by atoms with E-state index < -0.39 is 0 Å². The van der Waals surface area contributed by atoms with Crippen LogP contribution in [0.1, 0.15) is 31.4 Å². The average Bonchev–Trinajstić information content (AvgIpc) is 3.08. The van der Waals surface area contributed by atoms with Crippen molar-refractivity contribution in [3.63, 3.8) is 0 Å². The van der Waals surface area contributed by atoms with Gasteiger partial charge in [0, 0.05) is 24.5 Å². The summed E-state index contributed by atoms with van der Waals surface area (Å²) in [6.45, 7) is 4.89. The van der Waals surface area contributed by atoms with Gasteiger partial charge < -0.3 is 4.90 Å². The van der Waals surface area contributed by atoms with Crippen LogP contribution < -0.4 is 4.90 Å². The van der Waals surface area contributed by atoms with Gasteiger partial charge in [0.2, 0.25) is 0 Å². The molecule has 0 aromatic carbocycles. The number of rotatable bonds is 3. The predicted molar refractivity (Wildman–Crippen MR) is 77.7 cm³/mol. The lowest BCUT2D eigenvalue weighted by molar-refractivity contribution is 0.175. The van der Waals surface area contributed by atoms with E-state index in [1.165, 1.54) is 38.8 Å². The number of hydrogen-bond donors (Lipinski definition) is 0. The molecule has 2 aliphatic rings. The molecule has 3 heterocycles. The Morgan fingerprint density at radius 2 is 2.11 bits per heavy atom. The lowest BCUT2D eigenvalue weighted by Gasteiger charge is -2.32. The molecule has 0 amide bonds. The number of alkyl halides is 1. The quantitative estimate of drug-likeness (QED) is 0.796. The fraction of sp³-hybridized carbons (Fsp3) is 0.769. The van der Waals surface area contributed by atoms with Crippen LogP contribution in [0, 0.1) is 0 Å². The number of nitrogens with zero attached hydrogens (tertiary/aromatic N) is 3. The highest BCUT2D eigenvalue weighted by atomic mass is 35.5. The van der Waals surface area contributed by atoms with Crippen LogP contribution in [0.5, 0.6) is 0 Å². The van der Waals surface area contributed by atoms with Crippen molar-refractivity contribution < 1.29 is 0 Å². The summed E-state index contributed by atoms with van der Waals surface area (Å²) in [7, 11) is 0. The molecular formula is C13H20ClN3S. The van der Waals surface area contributed by atoms with Gasteiger partial charge in [0.15, 0.2) is 5.13 Å². The van der Waals surface area contributed by atoms with Crippen LogP contribution in [0.25, 0.3) is 0 Å². The molecule has 0 radical (unpaired) electrons. The molecule has 1 aromatic heterocycles. The highest BCUT2D eigenvalue weighted by Crippen LogP contribution is 2.27. The fourth-order valence-corrected chi connectivity index (χ4v) is 4.09. The van der Waals surface area contributed by atoms with Gasteiger partial charge in [0.25, 0.3) is 0 Å². The second kappa shape index (κ2) is 5.76. The summed E-state index contributed by atoms with van der Waals surface area (Å²) in [5.41, 5.74) is 1.01. The van der Waals surface area contributed by atoms with Crippen molar-refractivity contribution in [2.45, 2.75) is 37.6 Å². The molecule has 2 aliphatic heterocycles. The van der Waals surface area contributed by atoms with E-state index in [9.17, 15) is 0 Å². The van der Waals surface area contributed by atoms with Gasteiger partial charge in [-0.15, -0.1) is 22.9 Å². The topological polar surface area (TPSA) is 19.4 Å². The molecule has 100 valence electrons. The number of halogens is 1. The van der Waals surface area contributed by atoms with Gasteiger partial charge in [-0.1, -0.05) is 6.42 Å². The average molecular weight is 286 g/mol. The summed E-state index contributed by atoms with van der Waals surface area (Å²) in [6, 6.07) is 0.744. The fourth-order valence-electron chi connectivity index (χ4n) is 3.00. The third kappa shape index (κ3) is 2.65. The van der Waals surface area contributed by atoms with Gasteiger partial charge in [-0.05, 0) is 32.4 Å². The highest BCUT2D eigenvalue weighted by molar-refractivity contribution is 7.13. The van der Waals surface area contributed by atoms with Crippen LogP contribution in [0.3, 0.4) is 0 Å². The molecule has 1 atom stereocenters. The Morgan fingerprint density at radius 1 is 1.28 bits per heavy atom. The van der Waals surface area contributed by atoms with E-state index in [2.05, 4.69) is 20.2 Å². The standard InChI is InChI=1S/C13H20ClN3S/c14-8-11-10-18-13(15-11)17-7-4-12(9-17)16-5-2-1-3-6-16/h10,12H,1-9H2. The Kier molecular flexibility index (Phi) is 4.07. The Morgan fingerprint density at radius 3 is 2.83 bits per heavy atom. The van der Waals surface area contributed by atoms with Crippen LogP contribution in [0.4, 0.5) is 5.13 Å². The van der Waals surface area contributed by atoms with Crippen molar-refractivity contribution in [3.05, 3.63) is 11.1 Å². The van der Waals surface area contributed by atoms with Crippen molar-refractivity contribution in [2.24, 2.45) is 0 Å². The van der Waals surface area contributed by atoms with Gasteiger partial charge >= 0.3 is 0 Å².